The van der Waals surface area contributed by atoms with E-state index < -0.39 is 28.9 Å². The molecule has 0 bridgehead atoms. The molecule has 6 rings (SSSR count). The number of likely N-dealkylation sites (N-methyl/N-ethyl adjacent to an activating group) is 1. The summed E-state index contributed by atoms with van der Waals surface area (Å²) in [5.41, 5.74) is -0.572. The Morgan fingerprint density at radius 1 is 0.949 bits per heavy atom. The second kappa shape index (κ2) is 10.0. The lowest BCUT2D eigenvalue weighted by Crippen LogP contribution is -2.52. The third-order valence-corrected chi connectivity index (χ3v) is 7.90. The van der Waals surface area contributed by atoms with Crippen LogP contribution in [0.15, 0.2) is 48.0 Å². The highest BCUT2D eigenvalue weighted by Gasteiger charge is 2.66. The fourth-order valence-corrected chi connectivity index (χ4v) is 6.09. The van der Waals surface area contributed by atoms with Gasteiger partial charge in [0.15, 0.2) is 17.0 Å². The molecule has 4 aliphatic rings. The second-order valence-corrected chi connectivity index (χ2v) is 9.95. The minimum absolute atomic E-state index is 0.178. The van der Waals surface area contributed by atoms with Gasteiger partial charge in [-0.15, -0.1) is 0 Å². The molecule has 39 heavy (non-hydrogen) atoms. The Morgan fingerprint density at radius 2 is 1.69 bits per heavy atom. The number of ketones is 1. The summed E-state index contributed by atoms with van der Waals surface area (Å²) in [4.78, 5) is 46.9. The van der Waals surface area contributed by atoms with Crippen LogP contribution >= 0.6 is 0 Å². The number of rotatable bonds is 6. The number of para-hydroxylation sites is 1. The molecule has 10 nitrogen and oxygen atoms in total. The first-order valence-electron chi connectivity index (χ1n) is 13.4. The summed E-state index contributed by atoms with van der Waals surface area (Å²) in [7, 11) is 0. The van der Waals surface area contributed by atoms with E-state index in [9.17, 15) is 19.5 Å². The molecule has 2 aromatic rings. The molecule has 2 aromatic carbocycles. The summed E-state index contributed by atoms with van der Waals surface area (Å²) in [5.74, 6) is -1.56. The maximum Gasteiger partial charge on any atom is 0.296 e. The zero-order valence-corrected chi connectivity index (χ0v) is 21.9. The van der Waals surface area contributed by atoms with E-state index in [4.69, 9.17) is 14.2 Å². The maximum atomic E-state index is 14.3. The van der Waals surface area contributed by atoms with Gasteiger partial charge < -0.3 is 29.1 Å². The van der Waals surface area contributed by atoms with E-state index in [1.165, 1.54) is 4.90 Å². The molecule has 0 saturated carbocycles. The minimum Gasteiger partial charge on any atom is -0.507 e. The predicted octanol–water partition coefficient (Wildman–Crippen LogP) is 2.12. The number of hydrogen-bond acceptors (Lipinski definition) is 8. The van der Waals surface area contributed by atoms with Crippen LogP contribution in [-0.4, -0.2) is 91.7 Å². The number of Topliss-reactive ketones (excluding diaryl/α,β-unsaturated/α-hetero) is 1. The molecule has 1 atom stereocenters. The monoisotopic (exact) mass is 533 g/mol. The summed E-state index contributed by atoms with van der Waals surface area (Å²) in [6.07, 6.45) is 0.556. The highest BCUT2D eigenvalue weighted by atomic mass is 16.6. The van der Waals surface area contributed by atoms with Crippen LogP contribution in [0.2, 0.25) is 0 Å². The van der Waals surface area contributed by atoms with Crippen LogP contribution in [0.5, 0.6) is 11.5 Å². The van der Waals surface area contributed by atoms with Crippen molar-refractivity contribution in [2.45, 2.75) is 18.9 Å². The Hall–Kier alpha value is -3.89. The van der Waals surface area contributed by atoms with E-state index in [2.05, 4.69) is 4.90 Å². The topological polar surface area (TPSA) is 109 Å². The van der Waals surface area contributed by atoms with E-state index in [1.807, 2.05) is 19.1 Å². The molecule has 0 aromatic heterocycles. The Morgan fingerprint density at radius 3 is 2.46 bits per heavy atom. The van der Waals surface area contributed by atoms with Gasteiger partial charge in [0.25, 0.3) is 17.6 Å². The van der Waals surface area contributed by atoms with E-state index in [-0.39, 0.29) is 17.7 Å². The third kappa shape index (κ3) is 3.89. The Labute approximate surface area is 226 Å². The highest BCUT2D eigenvalue weighted by molar-refractivity contribution is 6.50. The number of carbonyl (C=O) groups excluding carboxylic acids is 3. The van der Waals surface area contributed by atoms with E-state index in [1.54, 1.807) is 35.2 Å². The van der Waals surface area contributed by atoms with Crippen molar-refractivity contribution in [3.05, 3.63) is 59.2 Å². The van der Waals surface area contributed by atoms with Crippen molar-refractivity contribution in [2.24, 2.45) is 0 Å². The number of nitrogens with zero attached hydrogens (tertiary/aromatic N) is 3. The van der Waals surface area contributed by atoms with Crippen molar-refractivity contribution in [2.75, 3.05) is 64.1 Å². The Balaban J connectivity index is 1.48. The van der Waals surface area contributed by atoms with Crippen molar-refractivity contribution < 1.29 is 33.7 Å². The van der Waals surface area contributed by atoms with Gasteiger partial charge in [0.1, 0.15) is 19.0 Å². The van der Waals surface area contributed by atoms with Crippen molar-refractivity contribution in [1.82, 2.24) is 9.80 Å². The van der Waals surface area contributed by atoms with Gasteiger partial charge in [0.2, 0.25) is 0 Å². The van der Waals surface area contributed by atoms with Gasteiger partial charge in [-0.25, -0.2) is 0 Å². The number of aliphatic hydroxyl groups is 1. The van der Waals surface area contributed by atoms with Crippen molar-refractivity contribution in [1.29, 1.82) is 0 Å². The zero-order chi connectivity index (χ0) is 27.1. The van der Waals surface area contributed by atoms with Crippen molar-refractivity contribution in [3.63, 3.8) is 0 Å². The lowest BCUT2D eigenvalue weighted by molar-refractivity contribution is -0.143. The summed E-state index contributed by atoms with van der Waals surface area (Å²) in [5, 5.41) is 11.7. The molecule has 2 saturated heterocycles. The molecule has 2 fully saturated rings. The zero-order valence-electron chi connectivity index (χ0n) is 21.9. The standard InChI is InChI=1S/C29H31N3O7/c1-2-31-21-7-4-3-6-20(21)29(28(31)36)24(25(33)19-8-9-22-23(18-19)39-17-16-38-22)26(34)27(35)32(29)11-5-10-30-12-14-37-15-13-30/h3-4,6-9,18,33H,2,5,10-17H2,1H3. The van der Waals surface area contributed by atoms with Gasteiger partial charge in [0, 0.05) is 43.9 Å². The molecule has 4 aliphatic heterocycles. The van der Waals surface area contributed by atoms with Gasteiger partial charge in [-0.2, -0.15) is 0 Å². The number of aliphatic hydroxyl groups excluding tert-OH is 1. The minimum atomic E-state index is -1.76. The maximum absolute atomic E-state index is 14.3. The average Bonchev–Trinajstić information content (AvgIpc) is 3.35. The summed E-state index contributed by atoms with van der Waals surface area (Å²) >= 11 is 0. The molecule has 4 heterocycles. The number of amides is 2. The number of ether oxygens (including phenoxy) is 3. The molecule has 0 radical (unpaired) electrons. The largest absolute Gasteiger partial charge is 0.507 e. The quantitative estimate of drug-likeness (QED) is 0.342. The summed E-state index contributed by atoms with van der Waals surface area (Å²) < 4.78 is 16.7. The number of carbonyl (C=O) groups is 3. The van der Waals surface area contributed by atoms with Crippen LogP contribution in [0.25, 0.3) is 5.76 Å². The molecule has 1 unspecified atom stereocenters. The lowest BCUT2D eigenvalue weighted by atomic mass is 9.81. The van der Waals surface area contributed by atoms with Gasteiger partial charge in [-0.05, 0) is 37.6 Å². The fraction of sp³-hybridized carbons (Fsp3) is 0.414. The average molecular weight is 534 g/mol. The number of likely N-dealkylation sites (tertiary alicyclic amines) is 1. The smallest absolute Gasteiger partial charge is 0.296 e. The van der Waals surface area contributed by atoms with Gasteiger partial charge in [-0.1, -0.05) is 18.2 Å². The van der Waals surface area contributed by atoms with Crippen LogP contribution in [-0.2, 0) is 24.7 Å². The van der Waals surface area contributed by atoms with Crippen LogP contribution < -0.4 is 14.4 Å². The van der Waals surface area contributed by atoms with Crippen LogP contribution in [0, 0.1) is 0 Å². The highest BCUT2D eigenvalue weighted by Crippen LogP contribution is 2.53. The third-order valence-electron chi connectivity index (χ3n) is 7.90. The van der Waals surface area contributed by atoms with Crippen LogP contribution in [0.3, 0.4) is 0 Å². The van der Waals surface area contributed by atoms with Gasteiger partial charge >= 0.3 is 0 Å². The molecular weight excluding hydrogens is 502 g/mol. The molecule has 0 aliphatic carbocycles. The first-order valence-corrected chi connectivity index (χ1v) is 13.4. The lowest BCUT2D eigenvalue weighted by Gasteiger charge is -2.35. The fourth-order valence-electron chi connectivity index (χ4n) is 6.09. The van der Waals surface area contributed by atoms with Crippen LogP contribution in [0.4, 0.5) is 5.69 Å². The predicted molar refractivity (Wildman–Crippen MR) is 142 cm³/mol. The van der Waals surface area contributed by atoms with Gasteiger partial charge in [-0.3, -0.25) is 19.3 Å². The summed E-state index contributed by atoms with van der Waals surface area (Å²) in [6.45, 7) is 6.71. The first kappa shape index (κ1) is 25.4. The number of hydrogen-bond donors (Lipinski definition) is 1. The Kier molecular flexibility index (Phi) is 6.52. The number of morpholine rings is 1. The number of anilines is 1. The second-order valence-electron chi connectivity index (χ2n) is 9.95. The molecule has 1 spiro atoms. The van der Waals surface area contributed by atoms with Crippen molar-refractivity contribution in [3.8, 4) is 11.5 Å². The molecule has 1 N–H and O–H groups in total. The van der Waals surface area contributed by atoms with E-state index in [0.717, 1.165) is 13.1 Å². The number of benzene rings is 2. The van der Waals surface area contributed by atoms with E-state index >= 15 is 0 Å². The molecule has 204 valence electrons. The van der Waals surface area contributed by atoms with Gasteiger partial charge in [0.05, 0.1) is 24.5 Å². The Bertz CT molecular complexity index is 1370. The normalized spacial score (nSPS) is 24.1. The molecule has 10 heteroatoms. The SMILES string of the molecule is CCN1C(=O)C2(C(=C(O)c3ccc4c(c3)OCCO4)C(=O)C(=O)N2CCCN2CCOCC2)c2ccccc21. The molecular formula is C29H31N3O7. The summed E-state index contributed by atoms with van der Waals surface area (Å²) in [6, 6.07) is 12.0. The first-order chi connectivity index (χ1) is 19.0. The van der Waals surface area contributed by atoms with Crippen LogP contribution in [0.1, 0.15) is 24.5 Å². The van der Waals surface area contributed by atoms with E-state index in [0.29, 0.717) is 68.7 Å². The van der Waals surface area contributed by atoms with Crippen molar-refractivity contribution >= 4 is 29.0 Å². The molecule has 2 amide bonds. The number of fused-ring (bicyclic) bond motifs is 3.